The first-order chi connectivity index (χ1) is 24.8. The minimum absolute atomic E-state index is 0.170. The lowest BCUT2D eigenvalue weighted by atomic mass is 10.1. The number of esters is 2. The Hall–Kier alpha value is -2.25. The predicted molar refractivity (Wildman–Crippen MR) is 211 cm³/mol. The fraction of sp³-hybridized carbons (Fsp3) is 0.714. The number of ether oxygens (including phenoxy) is 2. The summed E-state index contributed by atoms with van der Waals surface area (Å²) in [4.78, 5) is 42.8. The SMILES string of the molecule is CCCCC/C=C/C/C=C/C/C=C/C/C=C/CCCCCC(=O)O[C@H](COC(=O)CCCCCCC/C=C/CCCCCCC)COP(=O)(O)O. The van der Waals surface area contributed by atoms with Crippen LogP contribution in [0.25, 0.3) is 0 Å². The molecule has 0 aromatic carbocycles. The van der Waals surface area contributed by atoms with Gasteiger partial charge in [-0.3, -0.25) is 14.1 Å². The molecule has 0 aromatic heterocycles. The highest BCUT2D eigenvalue weighted by atomic mass is 31.2. The maximum atomic E-state index is 12.4. The molecule has 0 amide bonds. The molecule has 0 rings (SSSR count). The van der Waals surface area contributed by atoms with Crippen LogP contribution in [0.15, 0.2) is 60.8 Å². The Balaban J connectivity index is 4.04. The molecule has 8 nitrogen and oxygen atoms in total. The fourth-order valence-electron chi connectivity index (χ4n) is 5.23. The van der Waals surface area contributed by atoms with E-state index in [2.05, 4.69) is 79.1 Å². The van der Waals surface area contributed by atoms with Gasteiger partial charge in [0.1, 0.15) is 6.61 Å². The molecule has 0 heterocycles. The molecule has 0 aromatic rings. The number of carbonyl (C=O) groups is 2. The van der Waals surface area contributed by atoms with Gasteiger partial charge < -0.3 is 19.3 Å². The number of phosphoric acid groups is 1. The Morgan fingerprint density at radius 2 is 0.882 bits per heavy atom. The van der Waals surface area contributed by atoms with Crippen molar-refractivity contribution in [2.45, 2.75) is 180 Å². The summed E-state index contributed by atoms with van der Waals surface area (Å²) in [5, 5.41) is 0. The number of rotatable bonds is 36. The van der Waals surface area contributed by atoms with Crippen LogP contribution in [0.3, 0.4) is 0 Å². The molecular weight excluding hydrogens is 663 g/mol. The van der Waals surface area contributed by atoms with Gasteiger partial charge in [0.05, 0.1) is 6.61 Å². The molecule has 0 aliphatic heterocycles. The van der Waals surface area contributed by atoms with E-state index in [9.17, 15) is 14.2 Å². The van der Waals surface area contributed by atoms with E-state index < -0.39 is 32.5 Å². The third-order valence-corrected chi connectivity index (χ3v) is 8.74. The van der Waals surface area contributed by atoms with Crippen LogP contribution in [0.1, 0.15) is 174 Å². The first-order valence-electron chi connectivity index (χ1n) is 20.1. The zero-order chi connectivity index (χ0) is 37.5. The van der Waals surface area contributed by atoms with Crippen molar-refractivity contribution in [1.82, 2.24) is 0 Å². The van der Waals surface area contributed by atoms with E-state index in [0.717, 1.165) is 70.6 Å². The van der Waals surface area contributed by atoms with Crippen molar-refractivity contribution in [3.05, 3.63) is 60.8 Å². The highest BCUT2D eigenvalue weighted by molar-refractivity contribution is 7.46. The topological polar surface area (TPSA) is 119 Å². The first kappa shape index (κ1) is 48.8. The second kappa shape index (κ2) is 37.5. The van der Waals surface area contributed by atoms with E-state index in [1.807, 2.05) is 0 Å². The molecule has 0 fully saturated rings. The van der Waals surface area contributed by atoms with Crippen LogP contribution in [0.5, 0.6) is 0 Å². The third kappa shape index (κ3) is 40.4. The molecule has 9 heteroatoms. The first-order valence-corrected chi connectivity index (χ1v) is 21.6. The Kier molecular flexibility index (Phi) is 35.9. The minimum Gasteiger partial charge on any atom is -0.462 e. The summed E-state index contributed by atoms with van der Waals surface area (Å²) in [6, 6.07) is 0. The van der Waals surface area contributed by atoms with Crippen molar-refractivity contribution >= 4 is 19.8 Å². The molecule has 0 aliphatic rings. The summed E-state index contributed by atoms with van der Waals surface area (Å²) in [5.41, 5.74) is 0. The maximum Gasteiger partial charge on any atom is 0.469 e. The van der Waals surface area contributed by atoms with Gasteiger partial charge in [0.25, 0.3) is 0 Å². The van der Waals surface area contributed by atoms with E-state index in [-0.39, 0.29) is 19.4 Å². The van der Waals surface area contributed by atoms with E-state index >= 15 is 0 Å². The number of hydrogen-bond acceptors (Lipinski definition) is 6. The molecule has 0 saturated heterocycles. The molecule has 294 valence electrons. The van der Waals surface area contributed by atoms with Crippen LogP contribution in [0.2, 0.25) is 0 Å². The lowest BCUT2D eigenvalue weighted by Crippen LogP contribution is -2.29. The molecule has 0 radical (unpaired) electrons. The number of unbranched alkanes of at least 4 members (excludes halogenated alkanes) is 16. The highest BCUT2D eigenvalue weighted by Gasteiger charge is 2.22. The van der Waals surface area contributed by atoms with Crippen molar-refractivity contribution in [1.29, 1.82) is 0 Å². The van der Waals surface area contributed by atoms with Gasteiger partial charge in [0, 0.05) is 12.8 Å². The lowest BCUT2D eigenvalue weighted by Gasteiger charge is -2.18. The Morgan fingerprint density at radius 1 is 0.510 bits per heavy atom. The van der Waals surface area contributed by atoms with Crippen LogP contribution in [-0.4, -0.2) is 41.0 Å². The normalized spacial score (nSPS) is 13.1. The summed E-state index contributed by atoms with van der Waals surface area (Å²) >= 11 is 0. The minimum atomic E-state index is -4.76. The van der Waals surface area contributed by atoms with Crippen LogP contribution in [0, 0.1) is 0 Å². The zero-order valence-corrected chi connectivity index (χ0v) is 33.1. The van der Waals surface area contributed by atoms with Crippen molar-refractivity contribution in [2.75, 3.05) is 13.2 Å². The van der Waals surface area contributed by atoms with E-state index in [0.29, 0.717) is 12.8 Å². The van der Waals surface area contributed by atoms with Gasteiger partial charge >= 0.3 is 19.8 Å². The standard InChI is InChI=1S/C42H73O8P/c1-3-5-7-9-11-13-15-17-19-20-21-22-23-25-27-29-31-33-35-37-42(44)50-40(39-49-51(45,46)47)38-48-41(43)36-34-32-30-28-26-24-18-16-14-12-10-8-6-4-2/h11,13,16-19,21-22,25,27,40H,3-10,12,14-15,20,23-24,26,28-39H2,1-2H3,(H2,45,46,47)/b13-11+,18-16+,19-17+,22-21+,27-25+/t40-/m1/s1. The van der Waals surface area contributed by atoms with Gasteiger partial charge in [0.2, 0.25) is 0 Å². The number of allylic oxidation sites excluding steroid dienone is 10. The molecule has 0 unspecified atom stereocenters. The summed E-state index contributed by atoms with van der Waals surface area (Å²) in [6.45, 7) is 3.60. The van der Waals surface area contributed by atoms with Crippen molar-refractivity contribution in [2.24, 2.45) is 0 Å². The largest absolute Gasteiger partial charge is 0.469 e. The molecule has 51 heavy (non-hydrogen) atoms. The summed E-state index contributed by atoms with van der Waals surface area (Å²) in [7, 11) is -4.76. The second-order valence-corrected chi connectivity index (χ2v) is 14.5. The molecular formula is C42H73O8P. The number of phosphoric ester groups is 1. The van der Waals surface area contributed by atoms with Crippen LogP contribution in [0.4, 0.5) is 0 Å². The molecule has 0 saturated carbocycles. The summed E-state index contributed by atoms with van der Waals surface area (Å²) < 4.78 is 26.3. The lowest BCUT2D eigenvalue weighted by molar-refractivity contribution is -0.161. The van der Waals surface area contributed by atoms with Crippen molar-refractivity contribution in [3.8, 4) is 0 Å². The Morgan fingerprint density at radius 3 is 1.39 bits per heavy atom. The van der Waals surface area contributed by atoms with E-state index in [1.165, 1.54) is 64.2 Å². The number of carbonyl (C=O) groups excluding carboxylic acids is 2. The van der Waals surface area contributed by atoms with Gasteiger partial charge in [-0.2, -0.15) is 0 Å². The van der Waals surface area contributed by atoms with Crippen LogP contribution < -0.4 is 0 Å². The predicted octanol–water partition coefficient (Wildman–Crippen LogP) is 12.1. The third-order valence-electron chi connectivity index (χ3n) is 8.26. The van der Waals surface area contributed by atoms with Crippen LogP contribution in [-0.2, 0) is 28.2 Å². The van der Waals surface area contributed by atoms with E-state index in [1.54, 1.807) is 0 Å². The van der Waals surface area contributed by atoms with Crippen molar-refractivity contribution < 1.29 is 37.9 Å². The average Bonchev–Trinajstić information content (AvgIpc) is 3.10. The smallest absolute Gasteiger partial charge is 0.462 e. The van der Waals surface area contributed by atoms with Crippen molar-refractivity contribution in [3.63, 3.8) is 0 Å². The monoisotopic (exact) mass is 737 g/mol. The summed E-state index contributed by atoms with van der Waals surface area (Å²) in [6.07, 6.45) is 46.5. The highest BCUT2D eigenvalue weighted by Crippen LogP contribution is 2.36. The zero-order valence-electron chi connectivity index (χ0n) is 32.2. The molecule has 0 spiro atoms. The fourth-order valence-corrected chi connectivity index (χ4v) is 5.59. The molecule has 2 N–H and O–H groups in total. The maximum absolute atomic E-state index is 12.4. The second-order valence-electron chi connectivity index (χ2n) is 13.2. The average molecular weight is 737 g/mol. The van der Waals surface area contributed by atoms with Gasteiger partial charge in [-0.15, -0.1) is 0 Å². The van der Waals surface area contributed by atoms with E-state index in [4.69, 9.17) is 19.3 Å². The molecule has 0 aliphatic carbocycles. The quantitative estimate of drug-likeness (QED) is 0.0282. The molecule has 0 bridgehead atoms. The Labute approximate surface area is 311 Å². The van der Waals surface area contributed by atoms with Gasteiger partial charge in [-0.05, 0) is 83.5 Å². The summed E-state index contributed by atoms with van der Waals surface area (Å²) in [5.74, 6) is -0.934. The van der Waals surface area contributed by atoms with Gasteiger partial charge in [-0.1, -0.05) is 139 Å². The number of hydrogen-bond donors (Lipinski definition) is 2. The van der Waals surface area contributed by atoms with Gasteiger partial charge in [-0.25, -0.2) is 4.57 Å². The van der Waals surface area contributed by atoms with Crippen LogP contribution >= 0.6 is 7.82 Å². The molecule has 1 atom stereocenters. The Bertz CT molecular complexity index is 1010. The van der Waals surface area contributed by atoms with Gasteiger partial charge in [0.15, 0.2) is 6.10 Å².